The first-order valence-electron chi connectivity index (χ1n) is 13.8. The highest BCUT2D eigenvalue weighted by atomic mass is 35.5. The number of aromatic nitrogens is 2. The fourth-order valence-corrected chi connectivity index (χ4v) is 5.43. The molecule has 1 unspecified atom stereocenters. The lowest BCUT2D eigenvalue weighted by molar-refractivity contribution is -0.112. The number of methoxy groups -OCH3 is 1. The maximum absolute atomic E-state index is 13.7. The molecule has 1 aliphatic rings. The Labute approximate surface area is 254 Å². The van der Waals surface area contributed by atoms with E-state index in [4.69, 9.17) is 26.8 Å². The van der Waals surface area contributed by atoms with Gasteiger partial charge >= 0.3 is 0 Å². The molecule has 224 valence electrons. The number of rotatable bonds is 9. The predicted octanol–water partition coefficient (Wildman–Crippen LogP) is 6.16. The van der Waals surface area contributed by atoms with Crippen molar-refractivity contribution in [1.29, 1.82) is 0 Å². The number of nitrogens with two attached hydrogens (primary N) is 1. The molecular formula is C32H33ClFN5O4. The van der Waals surface area contributed by atoms with Gasteiger partial charge in [-0.15, -0.1) is 0 Å². The van der Waals surface area contributed by atoms with Crippen molar-refractivity contribution in [1.82, 2.24) is 14.9 Å². The van der Waals surface area contributed by atoms with E-state index in [1.54, 1.807) is 44.2 Å². The number of amides is 1. The lowest BCUT2D eigenvalue weighted by Crippen LogP contribution is -2.25. The topological polar surface area (TPSA) is 123 Å². The Balaban J connectivity index is 1.60. The monoisotopic (exact) mass is 605 g/mol. The van der Waals surface area contributed by atoms with Gasteiger partial charge in [-0.25, -0.2) is 14.4 Å². The minimum absolute atomic E-state index is 0.0668. The number of nitrogens with one attached hydrogen (secondary N) is 1. The molecule has 2 heterocycles. The average molecular weight is 606 g/mol. The summed E-state index contributed by atoms with van der Waals surface area (Å²) in [6.07, 6.45) is 5.23. The summed E-state index contributed by atoms with van der Waals surface area (Å²) in [6.45, 7) is 4.18. The summed E-state index contributed by atoms with van der Waals surface area (Å²) < 4.78 is 25.2. The zero-order valence-electron chi connectivity index (χ0n) is 24.3. The molecule has 0 radical (unpaired) electrons. The summed E-state index contributed by atoms with van der Waals surface area (Å²) in [5.41, 5.74) is 6.86. The number of hydrogen-bond acceptors (Lipinski definition) is 8. The minimum atomic E-state index is -1.33. The van der Waals surface area contributed by atoms with Crippen molar-refractivity contribution in [3.63, 3.8) is 0 Å². The standard InChI is InChI=1S/C32H33ClFN5O4/c1-32(2,41)24-14-29(43-20-9-5-7-18(34)11-20)25(33)15-27(24)38-31-23-13-21(28(42-4)16-26(23)36-17-37-31)22(30(35)40)12-19-8-6-10-39(19)3/h5,7,9,11-17,19,41H,6,8,10H2,1-4H3,(H2,35,40)(H,36,37,38). The van der Waals surface area contributed by atoms with Crippen LogP contribution in [0.5, 0.6) is 17.2 Å². The average Bonchev–Trinajstić information content (AvgIpc) is 3.36. The van der Waals surface area contributed by atoms with Crippen molar-refractivity contribution >= 4 is 45.5 Å². The second-order valence-electron chi connectivity index (χ2n) is 11.0. The molecule has 5 rings (SSSR count). The smallest absolute Gasteiger partial charge is 0.249 e. The largest absolute Gasteiger partial charge is 0.496 e. The van der Waals surface area contributed by atoms with Crippen LogP contribution in [0.4, 0.5) is 15.9 Å². The van der Waals surface area contributed by atoms with Crippen LogP contribution in [0.3, 0.4) is 0 Å². The number of ether oxygens (including phenoxy) is 2. The summed E-state index contributed by atoms with van der Waals surface area (Å²) in [4.78, 5) is 23.8. The van der Waals surface area contributed by atoms with Crippen molar-refractivity contribution in [3.8, 4) is 17.2 Å². The predicted molar refractivity (Wildman–Crippen MR) is 165 cm³/mol. The van der Waals surface area contributed by atoms with Gasteiger partial charge in [-0.3, -0.25) is 9.69 Å². The van der Waals surface area contributed by atoms with Gasteiger partial charge in [0.15, 0.2) is 0 Å². The highest BCUT2D eigenvalue weighted by Crippen LogP contribution is 2.41. The first-order chi connectivity index (χ1) is 20.4. The van der Waals surface area contributed by atoms with Gasteiger partial charge in [-0.2, -0.15) is 0 Å². The summed E-state index contributed by atoms with van der Waals surface area (Å²) in [5, 5.41) is 15.2. The third kappa shape index (κ3) is 6.56. The highest BCUT2D eigenvalue weighted by molar-refractivity contribution is 6.32. The fraction of sp³-hybridized carbons (Fsp3) is 0.281. The molecule has 1 saturated heterocycles. The van der Waals surface area contributed by atoms with E-state index in [-0.39, 0.29) is 22.6 Å². The number of aliphatic hydroxyl groups is 1. The maximum atomic E-state index is 13.7. The summed E-state index contributed by atoms with van der Waals surface area (Å²) in [5.74, 6) is 0.315. The third-order valence-electron chi connectivity index (χ3n) is 7.46. The molecule has 11 heteroatoms. The molecule has 1 aromatic heterocycles. The van der Waals surface area contributed by atoms with E-state index < -0.39 is 17.3 Å². The number of benzene rings is 3. The van der Waals surface area contributed by atoms with Crippen LogP contribution < -0.4 is 20.5 Å². The van der Waals surface area contributed by atoms with Crippen LogP contribution in [0.2, 0.25) is 5.02 Å². The van der Waals surface area contributed by atoms with Crippen molar-refractivity contribution in [2.45, 2.75) is 38.3 Å². The van der Waals surface area contributed by atoms with E-state index in [1.165, 1.54) is 31.6 Å². The Hall–Kier alpha value is -4.25. The number of carbonyl (C=O) groups excluding carboxylic acids is 1. The second kappa shape index (κ2) is 12.2. The summed E-state index contributed by atoms with van der Waals surface area (Å²) in [7, 11) is 3.54. The number of hydrogen-bond donors (Lipinski definition) is 3. The van der Waals surface area contributed by atoms with E-state index >= 15 is 0 Å². The van der Waals surface area contributed by atoms with Crippen LogP contribution >= 0.6 is 11.6 Å². The molecule has 1 aliphatic heterocycles. The first kappa shape index (κ1) is 30.2. The van der Waals surface area contributed by atoms with Gasteiger partial charge in [-0.1, -0.05) is 23.7 Å². The van der Waals surface area contributed by atoms with Crippen LogP contribution in [-0.2, 0) is 10.4 Å². The van der Waals surface area contributed by atoms with Gasteiger partial charge in [-0.05, 0) is 70.6 Å². The van der Waals surface area contributed by atoms with E-state index in [9.17, 15) is 14.3 Å². The molecule has 4 N–H and O–H groups in total. The number of likely N-dealkylation sites (N-methyl/N-ethyl adjacent to an activating group) is 1. The molecule has 4 aromatic rings. The second-order valence-corrected chi connectivity index (χ2v) is 11.4. The minimum Gasteiger partial charge on any atom is -0.496 e. The van der Waals surface area contributed by atoms with Gasteiger partial charge in [0, 0.05) is 45.9 Å². The van der Waals surface area contributed by atoms with Gasteiger partial charge in [0.25, 0.3) is 0 Å². The van der Waals surface area contributed by atoms with Gasteiger partial charge in [0.2, 0.25) is 5.91 Å². The van der Waals surface area contributed by atoms with Gasteiger partial charge in [0.05, 0.1) is 23.3 Å². The van der Waals surface area contributed by atoms with E-state index in [1.807, 2.05) is 13.1 Å². The first-order valence-corrected chi connectivity index (χ1v) is 14.1. The molecule has 1 fully saturated rings. The number of fused-ring (bicyclic) bond motifs is 1. The van der Waals surface area contributed by atoms with Gasteiger partial charge < -0.3 is 25.6 Å². The lowest BCUT2D eigenvalue weighted by Gasteiger charge is -2.24. The van der Waals surface area contributed by atoms with Crippen LogP contribution in [0, 0.1) is 5.82 Å². The molecule has 9 nitrogen and oxygen atoms in total. The van der Waals surface area contributed by atoms with Crippen LogP contribution in [0.25, 0.3) is 16.5 Å². The zero-order chi connectivity index (χ0) is 30.9. The molecule has 0 bridgehead atoms. The van der Waals surface area contributed by atoms with Crippen molar-refractivity contribution in [2.75, 3.05) is 26.0 Å². The molecule has 0 saturated carbocycles. The Morgan fingerprint density at radius 3 is 2.65 bits per heavy atom. The molecule has 0 spiro atoms. The van der Waals surface area contributed by atoms with Crippen LogP contribution in [0.15, 0.2) is 60.9 Å². The van der Waals surface area contributed by atoms with Crippen molar-refractivity contribution in [2.24, 2.45) is 5.73 Å². The zero-order valence-corrected chi connectivity index (χ0v) is 25.1. The Morgan fingerprint density at radius 1 is 1.21 bits per heavy atom. The molecule has 43 heavy (non-hydrogen) atoms. The fourth-order valence-electron chi connectivity index (χ4n) is 5.23. The van der Waals surface area contributed by atoms with Gasteiger partial charge in [0.1, 0.15) is 35.2 Å². The number of anilines is 2. The lowest BCUT2D eigenvalue weighted by atomic mass is 9.95. The van der Waals surface area contributed by atoms with E-state index in [2.05, 4.69) is 20.2 Å². The Morgan fingerprint density at radius 2 is 2.00 bits per heavy atom. The molecule has 1 amide bonds. The highest BCUT2D eigenvalue weighted by Gasteiger charge is 2.26. The Bertz CT molecular complexity index is 1720. The molecule has 0 aliphatic carbocycles. The number of primary amides is 1. The molecule has 1 atom stereocenters. The third-order valence-corrected chi connectivity index (χ3v) is 7.75. The number of nitrogens with zero attached hydrogens (tertiary/aromatic N) is 3. The van der Waals surface area contributed by atoms with Crippen LogP contribution in [-0.4, -0.2) is 52.6 Å². The maximum Gasteiger partial charge on any atom is 0.249 e. The summed E-state index contributed by atoms with van der Waals surface area (Å²) >= 11 is 6.61. The summed E-state index contributed by atoms with van der Waals surface area (Å²) in [6, 6.07) is 12.5. The molecule has 3 aromatic carbocycles. The number of likely N-dealkylation sites (tertiary alicyclic amines) is 1. The van der Waals surface area contributed by atoms with Crippen LogP contribution in [0.1, 0.15) is 37.8 Å². The van der Waals surface area contributed by atoms with E-state index in [0.717, 1.165) is 19.4 Å². The normalized spacial score (nSPS) is 16.0. The number of halogens is 2. The van der Waals surface area contributed by atoms with Crippen molar-refractivity contribution < 1.29 is 23.8 Å². The van der Waals surface area contributed by atoms with Crippen molar-refractivity contribution in [3.05, 3.63) is 82.9 Å². The Kier molecular flexibility index (Phi) is 8.55. The SMILES string of the molecule is COc1cc2ncnc(Nc3cc(Cl)c(Oc4cccc(F)c4)cc3C(C)(C)O)c2cc1C(=CC1CCCN1C)C(N)=O. The quantitative estimate of drug-likeness (QED) is 0.194. The molecular weight excluding hydrogens is 573 g/mol. The van der Waals surface area contributed by atoms with E-state index in [0.29, 0.717) is 44.9 Å². The number of carbonyl (C=O) groups is 1.